The summed E-state index contributed by atoms with van der Waals surface area (Å²) < 4.78 is 10.2. The molecule has 0 bridgehead atoms. The number of methoxy groups -OCH3 is 1. The lowest BCUT2D eigenvalue weighted by atomic mass is 10.1. The number of hydrogen-bond donors (Lipinski definition) is 2. The van der Waals surface area contributed by atoms with Gasteiger partial charge in [-0.05, 0) is 32.2 Å². The number of ether oxygens (including phenoxy) is 1. The minimum absolute atomic E-state index is 0.0682. The van der Waals surface area contributed by atoms with Crippen LogP contribution in [0.2, 0.25) is 0 Å². The molecule has 0 aliphatic carbocycles. The van der Waals surface area contributed by atoms with Crippen LogP contribution in [0.5, 0.6) is 5.75 Å². The summed E-state index contributed by atoms with van der Waals surface area (Å²) in [5, 5.41) is 8.97. The number of carbonyl (C=O) groups is 2. The molecule has 3 amide bonds. The van der Waals surface area contributed by atoms with Crippen LogP contribution < -0.4 is 15.4 Å². The predicted molar refractivity (Wildman–Crippen MR) is 100 cm³/mol. The maximum Gasteiger partial charge on any atom is 0.325 e. The van der Waals surface area contributed by atoms with Crippen LogP contribution in [0.1, 0.15) is 16.1 Å². The average molecular weight is 373 g/mol. The SMILES string of the molecule is COc1ccc(C(=O)N2CCN(C)CC2)cc1NC(=O)Nc1cc(C)on1. The first-order valence-electron chi connectivity index (χ1n) is 8.63. The number of aryl methyl sites for hydroxylation is 1. The van der Waals surface area contributed by atoms with Crippen LogP contribution in [-0.2, 0) is 0 Å². The monoisotopic (exact) mass is 373 g/mol. The molecule has 27 heavy (non-hydrogen) atoms. The summed E-state index contributed by atoms with van der Waals surface area (Å²) in [5.74, 6) is 1.27. The second kappa shape index (κ2) is 8.09. The largest absolute Gasteiger partial charge is 0.495 e. The molecule has 2 heterocycles. The number of piperazine rings is 1. The summed E-state index contributed by atoms with van der Waals surface area (Å²) in [5.41, 5.74) is 0.892. The van der Waals surface area contributed by atoms with E-state index >= 15 is 0 Å². The van der Waals surface area contributed by atoms with E-state index in [1.54, 1.807) is 31.2 Å². The standard InChI is InChI=1S/C18H23N5O4/c1-12-10-16(21-27-12)20-18(25)19-14-11-13(4-5-15(14)26-3)17(24)23-8-6-22(2)7-9-23/h4-5,10-11H,6-9H2,1-3H3,(H2,19,20,21,25). The third-order valence-electron chi connectivity index (χ3n) is 4.35. The minimum atomic E-state index is -0.509. The van der Waals surface area contributed by atoms with Crippen molar-refractivity contribution < 1.29 is 18.8 Å². The number of rotatable bonds is 4. The number of carbonyl (C=O) groups excluding carboxylic acids is 2. The van der Waals surface area contributed by atoms with Gasteiger partial charge >= 0.3 is 6.03 Å². The highest BCUT2D eigenvalue weighted by molar-refractivity contribution is 6.02. The molecule has 0 spiro atoms. The number of aromatic nitrogens is 1. The van der Waals surface area contributed by atoms with Crippen molar-refractivity contribution in [2.24, 2.45) is 0 Å². The van der Waals surface area contributed by atoms with Crippen molar-refractivity contribution in [2.75, 3.05) is 51.0 Å². The smallest absolute Gasteiger partial charge is 0.325 e. The van der Waals surface area contributed by atoms with Crippen molar-refractivity contribution in [1.82, 2.24) is 15.0 Å². The van der Waals surface area contributed by atoms with Gasteiger partial charge in [0.2, 0.25) is 0 Å². The predicted octanol–water partition coefficient (Wildman–Crippen LogP) is 2.02. The molecule has 1 aromatic carbocycles. The molecule has 9 heteroatoms. The van der Waals surface area contributed by atoms with Crippen LogP contribution in [0.3, 0.4) is 0 Å². The molecule has 1 fully saturated rings. The molecule has 2 N–H and O–H groups in total. The van der Waals surface area contributed by atoms with Gasteiger partial charge in [0.05, 0.1) is 12.8 Å². The third kappa shape index (κ3) is 4.56. The Hall–Kier alpha value is -3.07. The van der Waals surface area contributed by atoms with Crippen molar-refractivity contribution in [1.29, 1.82) is 0 Å². The lowest BCUT2D eigenvalue weighted by Gasteiger charge is -2.32. The molecule has 1 aliphatic rings. The van der Waals surface area contributed by atoms with Gasteiger partial charge in [-0.2, -0.15) is 0 Å². The molecule has 0 unspecified atom stereocenters. The van der Waals surface area contributed by atoms with E-state index in [9.17, 15) is 9.59 Å². The van der Waals surface area contributed by atoms with E-state index < -0.39 is 6.03 Å². The van der Waals surface area contributed by atoms with Gasteiger partial charge in [-0.15, -0.1) is 0 Å². The summed E-state index contributed by atoms with van der Waals surface area (Å²) >= 11 is 0. The molecule has 144 valence electrons. The maximum absolute atomic E-state index is 12.8. The van der Waals surface area contributed by atoms with Gasteiger partial charge in [-0.25, -0.2) is 4.79 Å². The zero-order chi connectivity index (χ0) is 19.4. The summed E-state index contributed by atoms with van der Waals surface area (Å²) in [7, 11) is 3.54. The molecule has 1 saturated heterocycles. The molecule has 3 rings (SSSR count). The van der Waals surface area contributed by atoms with Crippen LogP contribution in [0.15, 0.2) is 28.8 Å². The van der Waals surface area contributed by atoms with Crippen molar-refractivity contribution in [3.63, 3.8) is 0 Å². The van der Waals surface area contributed by atoms with Crippen LogP contribution in [0.4, 0.5) is 16.3 Å². The van der Waals surface area contributed by atoms with E-state index in [0.717, 1.165) is 13.1 Å². The molecule has 0 saturated carbocycles. The van der Waals surface area contributed by atoms with Crippen LogP contribution in [-0.4, -0.2) is 67.2 Å². The molecule has 1 aliphatic heterocycles. The Morgan fingerprint density at radius 1 is 1.15 bits per heavy atom. The van der Waals surface area contributed by atoms with Crippen LogP contribution >= 0.6 is 0 Å². The highest BCUT2D eigenvalue weighted by Crippen LogP contribution is 2.26. The number of hydrogen-bond acceptors (Lipinski definition) is 6. The molecule has 1 aromatic heterocycles. The maximum atomic E-state index is 12.8. The fraction of sp³-hybridized carbons (Fsp3) is 0.389. The van der Waals surface area contributed by atoms with Gasteiger partial charge in [0.1, 0.15) is 11.5 Å². The quantitative estimate of drug-likeness (QED) is 0.851. The summed E-state index contributed by atoms with van der Waals surface area (Å²) in [6.45, 7) is 4.76. The second-order valence-corrected chi connectivity index (χ2v) is 6.41. The number of urea groups is 1. The normalized spacial score (nSPS) is 14.7. The third-order valence-corrected chi connectivity index (χ3v) is 4.35. The first-order valence-corrected chi connectivity index (χ1v) is 8.63. The Labute approximate surface area is 157 Å². The van der Waals surface area contributed by atoms with E-state index in [0.29, 0.717) is 41.7 Å². The number of anilines is 2. The van der Waals surface area contributed by atoms with Gasteiger partial charge < -0.3 is 24.4 Å². The minimum Gasteiger partial charge on any atom is -0.495 e. The van der Waals surface area contributed by atoms with Crippen LogP contribution in [0, 0.1) is 6.92 Å². The van der Waals surface area contributed by atoms with Crippen molar-refractivity contribution in [3.8, 4) is 5.75 Å². The Morgan fingerprint density at radius 3 is 2.52 bits per heavy atom. The number of amides is 3. The Morgan fingerprint density at radius 2 is 1.89 bits per heavy atom. The first-order chi connectivity index (χ1) is 13.0. The van der Waals surface area contributed by atoms with Gasteiger partial charge in [0.25, 0.3) is 5.91 Å². The lowest BCUT2D eigenvalue weighted by molar-refractivity contribution is 0.0664. The average Bonchev–Trinajstić information content (AvgIpc) is 3.06. The second-order valence-electron chi connectivity index (χ2n) is 6.41. The van der Waals surface area contributed by atoms with Crippen molar-refractivity contribution >= 4 is 23.4 Å². The van der Waals surface area contributed by atoms with Crippen molar-refractivity contribution in [3.05, 3.63) is 35.6 Å². The fourth-order valence-corrected chi connectivity index (χ4v) is 2.83. The zero-order valence-corrected chi connectivity index (χ0v) is 15.6. The van der Waals surface area contributed by atoms with Gasteiger partial charge in [-0.3, -0.25) is 10.1 Å². The molecule has 9 nitrogen and oxygen atoms in total. The highest BCUT2D eigenvalue weighted by Gasteiger charge is 2.21. The molecule has 2 aromatic rings. The van der Waals surface area contributed by atoms with E-state index in [2.05, 4.69) is 20.7 Å². The van der Waals surface area contributed by atoms with Crippen molar-refractivity contribution in [2.45, 2.75) is 6.92 Å². The highest BCUT2D eigenvalue weighted by atomic mass is 16.5. The van der Waals surface area contributed by atoms with E-state index in [1.165, 1.54) is 7.11 Å². The number of benzene rings is 1. The molecule has 0 radical (unpaired) electrons. The van der Waals surface area contributed by atoms with E-state index in [1.807, 2.05) is 11.9 Å². The van der Waals surface area contributed by atoms with Gasteiger partial charge in [0, 0.05) is 37.8 Å². The zero-order valence-electron chi connectivity index (χ0n) is 15.6. The fourth-order valence-electron chi connectivity index (χ4n) is 2.83. The lowest BCUT2D eigenvalue weighted by Crippen LogP contribution is -2.47. The molecular formula is C18H23N5O4. The number of nitrogens with one attached hydrogen (secondary N) is 2. The Bertz CT molecular complexity index is 827. The topological polar surface area (TPSA) is 99.9 Å². The first kappa shape index (κ1) is 18.7. The van der Waals surface area contributed by atoms with Crippen LogP contribution in [0.25, 0.3) is 0 Å². The van der Waals surface area contributed by atoms with Gasteiger partial charge in [0.15, 0.2) is 5.82 Å². The molecular weight excluding hydrogens is 350 g/mol. The summed E-state index contributed by atoms with van der Waals surface area (Å²) in [6.07, 6.45) is 0. The van der Waals surface area contributed by atoms with Gasteiger partial charge in [-0.1, -0.05) is 5.16 Å². The number of likely N-dealkylation sites (N-methyl/N-ethyl adjacent to an activating group) is 1. The number of nitrogens with zero attached hydrogens (tertiary/aromatic N) is 3. The molecule has 0 atom stereocenters. The van der Waals surface area contributed by atoms with E-state index in [4.69, 9.17) is 9.26 Å². The summed E-state index contributed by atoms with van der Waals surface area (Å²) in [6, 6.07) is 6.07. The summed E-state index contributed by atoms with van der Waals surface area (Å²) in [4.78, 5) is 29.0. The van der Waals surface area contributed by atoms with E-state index in [-0.39, 0.29) is 5.91 Å². The Kier molecular flexibility index (Phi) is 5.60. The Balaban J connectivity index is 1.73.